The zero-order valence-corrected chi connectivity index (χ0v) is 2.44. The molecule has 1 radical (unpaired) electrons. The summed E-state index contributed by atoms with van der Waals surface area (Å²) in [6, 6.07) is 0. The van der Waals surface area contributed by atoms with Gasteiger partial charge in [0, 0.05) is 0 Å². The Morgan fingerprint density at radius 1 is 1.75 bits per heavy atom. The predicted molar refractivity (Wildman–Crippen MR) is 24.4 cm³/mol. The number of hydrogen-bond donors (Lipinski definition) is 0. The van der Waals surface area contributed by atoms with Crippen LogP contribution in [0.1, 0.15) is 0 Å². The second-order valence-electron chi connectivity index (χ2n) is 0.428. The van der Waals surface area contributed by atoms with Crippen molar-refractivity contribution in [2.75, 3.05) is 0 Å². The van der Waals surface area contributed by atoms with Crippen molar-refractivity contribution in [2.45, 2.75) is 0 Å². The van der Waals surface area contributed by atoms with Gasteiger partial charge in [0.15, 0.2) is 0 Å². The molecule has 15 valence electrons. The second-order valence-corrected chi connectivity index (χ2v) is 0.428. The van der Waals surface area contributed by atoms with E-state index in [0.29, 0.717) is 0 Å². The molecule has 0 fully saturated rings. The van der Waals surface area contributed by atoms with E-state index >= 15 is 0 Å². The van der Waals surface area contributed by atoms with Crippen LogP contribution in [0.2, 0.25) is 0 Å². The molecule has 0 aliphatic carbocycles. The van der Waals surface area contributed by atoms with E-state index in [2.05, 4.69) is 6.47 Å². The summed E-state index contributed by atoms with van der Waals surface area (Å²) >= 11 is 0. The Morgan fingerprint density at radius 3 is 2.00 bits per heavy atom. The Kier molecular flexibility index (Phi) is 3.11. The molecular formula is CH2B3. The third-order valence-corrected chi connectivity index (χ3v) is 0.136. The third kappa shape index (κ3) is 2.06. The van der Waals surface area contributed by atoms with Gasteiger partial charge in [-0.3, -0.25) is 0 Å². The maximum absolute atomic E-state index is 4.78. The molecule has 0 rings (SSSR count). The maximum atomic E-state index is 4.78. The van der Waals surface area contributed by atoms with Crippen molar-refractivity contribution in [1.82, 2.24) is 0 Å². The first-order valence-corrected chi connectivity index (χ1v) is 1.07. The molecule has 0 atom stereocenters. The molecular weight excluding hydrogens is 44.4 g/mol. The van der Waals surface area contributed by atoms with Crippen molar-refractivity contribution in [3.8, 4) is 0 Å². The van der Waals surface area contributed by atoms with E-state index in [1.807, 2.05) is 0 Å². The second kappa shape index (κ2) is 3.06. The van der Waals surface area contributed by atoms with Crippen LogP contribution in [0.5, 0.6) is 0 Å². The van der Waals surface area contributed by atoms with Crippen LogP contribution >= 0.6 is 0 Å². The predicted octanol–water partition coefficient (Wildman–Crippen LogP) is -1.17. The minimum atomic E-state index is 1.39. The first-order valence-electron chi connectivity index (χ1n) is 1.07. The van der Waals surface area contributed by atoms with Crippen LogP contribution in [0, 0.1) is 0 Å². The van der Waals surface area contributed by atoms with Crippen LogP contribution in [0.15, 0.2) is 0 Å². The molecule has 0 saturated carbocycles. The fraction of sp³-hybridized carbons (Fsp3) is 0. The van der Waals surface area contributed by atoms with Gasteiger partial charge >= 0.3 is 27.3 Å². The molecule has 4 heavy (non-hydrogen) atoms. The molecule has 0 aromatic carbocycles. The summed E-state index contributed by atoms with van der Waals surface area (Å²) in [7, 11) is 4.78. The van der Waals surface area contributed by atoms with Crippen molar-refractivity contribution in [1.29, 1.82) is 0 Å². The van der Waals surface area contributed by atoms with Gasteiger partial charge in [-0.2, -0.15) is 0 Å². The Morgan fingerprint density at radius 2 is 2.00 bits per heavy atom. The molecule has 0 aromatic rings. The van der Waals surface area contributed by atoms with Gasteiger partial charge in [-0.15, -0.1) is 0 Å². The zero-order chi connectivity index (χ0) is 3.41. The van der Waals surface area contributed by atoms with E-state index in [4.69, 9.17) is 7.37 Å². The standard InChI is InChI=1S/CH2B3/c1-3-4-2/h1H2. The first kappa shape index (κ1) is 4.06. The summed E-state index contributed by atoms with van der Waals surface area (Å²) in [4.78, 5) is 0. The molecule has 0 aliphatic heterocycles. The fourth-order valence-electron chi connectivity index (χ4n) is 0. The molecule has 0 heterocycles. The van der Waals surface area contributed by atoms with Crippen molar-refractivity contribution in [3.63, 3.8) is 0 Å². The number of rotatable bonds is 1. The van der Waals surface area contributed by atoms with Crippen LogP contribution in [-0.2, 0) is 0 Å². The third-order valence-electron chi connectivity index (χ3n) is 0.136. The molecule has 0 aromatic heterocycles. The molecule has 0 N–H and O–H groups in total. The van der Waals surface area contributed by atoms with E-state index in [9.17, 15) is 0 Å². The Balaban J connectivity index is 2.73. The van der Waals surface area contributed by atoms with Crippen LogP contribution in [0.25, 0.3) is 0 Å². The summed E-state index contributed by atoms with van der Waals surface area (Å²) in [5, 5.41) is 0. The van der Waals surface area contributed by atoms with Gasteiger partial charge in [-0.25, -0.2) is 0 Å². The monoisotopic (exact) mass is 47.0 g/mol. The minimum absolute atomic E-state index is 1.39. The Labute approximate surface area is 28.4 Å². The van der Waals surface area contributed by atoms with Crippen molar-refractivity contribution < 1.29 is 0 Å². The van der Waals surface area contributed by atoms with Crippen molar-refractivity contribution >= 4 is 27.3 Å². The van der Waals surface area contributed by atoms with Gasteiger partial charge in [0.05, 0.1) is 0 Å². The van der Waals surface area contributed by atoms with E-state index in [-0.39, 0.29) is 0 Å². The Bertz CT molecular complexity index is 24.3. The number of hydrogen-bond acceptors (Lipinski definition) is 0. The molecule has 0 spiro atoms. The van der Waals surface area contributed by atoms with Crippen LogP contribution in [0.3, 0.4) is 0 Å². The average Bonchev–Trinajstić information content (AvgIpc) is 1.37. The molecule has 0 aliphatic rings. The average molecular weight is 46.5 g/mol. The van der Waals surface area contributed by atoms with Crippen LogP contribution < -0.4 is 0 Å². The van der Waals surface area contributed by atoms with Crippen molar-refractivity contribution in [2.24, 2.45) is 0 Å². The molecule has 0 bridgehead atoms. The quantitative estimate of drug-likeness (QED) is 0.326. The fourth-order valence-corrected chi connectivity index (χ4v) is 0. The summed E-state index contributed by atoms with van der Waals surface area (Å²) in [6.45, 7) is 6.22. The molecule has 0 nitrogen and oxygen atoms in total. The van der Waals surface area contributed by atoms with Crippen molar-refractivity contribution in [3.05, 3.63) is 0 Å². The molecule has 0 unspecified atom stereocenters. The summed E-state index contributed by atoms with van der Waals surface area (Å²) in [6.07, 6.45) is 0. The van der Waals surface area contributed by atoms with E-state index < -0.39 is 0 Å². The van der Waals surface area contributed by atoms with Gasteiger partial charge in [0.25, 0.3) is 0 Å². The van der Waals surface area contributed by atoms with Crippen LogP contribution in [0.4, 0.5) is 0 Å². The summed E-state index contributed by atoms with van der Waals surface area (Å²) in [5.41, 5.74) is 0. The molecule has 0 saturated heterocycles. The van der Waals surface area contributed by atoms with Gasteiger partial charge < -0.3 is 0 Å². The van der Waals surface area contributed by atoms with Crippen LogP contribution in [-0.4, -0.2) is 27.3 Å². The Hall–Kier alpha value is 0.0648. The van der Waals surface area contributed by atoms with Gasteiger partial charge in [-0.05, 0) is 0 Å². The first-order chi connectivity index (χ1) is 1.91. The summed E-state index contributed by atoms with van der Waals surface area (Å²) < 4.78 is 0. The van der Waals surface area contributed by atoms with Gasteiger partial charge in [-0.1, -0.05) is 0 Å². The zero-order valence-electron chi connectivity index (χ0n) is 2.44. The van der Waals surface area contributed by atoms with Gasteiger partial charge in [0.2, 0.25) is 0 Å². The topological polar surface area (TPSA) is 0 Å². The van der Waals surface area contributed by atoms with E-state index in [1.165, 1.54) is 13.5 Å². The normalized spacial score (nSPS) is 2.75. The van der Waals surface area contributed by atoms with E-state index in [0.717, 1.165) is 0 Å². The molecule has 3 heteroatoms. The van der Waals surface area contributed by atoms with E-state index in [1.54, 1.807) is 0 Å². The molecule has 0 amide bonds. The van der Waals surface area contributed by atoms with Gasteiger partial charge in [0.1, 0.15) is 0 Å². The SMILES string of the molecule is [B]=BB=C. The summed E-state index contributed by atoms with van der Waals surface area (Å²) in [5.74, 6) is 0.